The predicted octanol–water partition coefficient (Wildman–Crippen LogP) is 3.28. The molecule has 0 saturated carbocycles. The number of aryl methyl sites for hydroxylation is 1. The van der Waals surface area contributed by atoms with Gasteiger partial charge in [0.15, 0.2) is 0 Å². The smallest absolute Gasteiger partial charge is 0.221 e. The Kier molecular flexibility index (Phi) is 4.52. The Hall–Kier alpha value is -1.88. The lowest BCUT2D eigenvalue weighted by Gasteiger charge is -2.06. The van der Waals surface area contributed by atoms with Gasteiger partial charge in [-0.2, -0.15) is 0 Å². The van der Waals surface area contributed by atoms with Crippen molar-refractivity contribution in [3.05, 3.63) is 40.3 Å². The Labute approximate surface area is 116 Å². The number of hydrogen-bond acceptors (Lipinski definition) is 4. The Bertz CT molecular complexity index is 548. The molecular formula is C14H17N3OS. The second-order valence-electron chi connectivity index (χ2n) is 4.19. The first-order valence-electron chi connectivity index (χ1n) is 6.22. The van der Waals surface area contributed by atoms with Crippen LogP contribution in [0.2, 0.25) is 0 Å². The SMILES string of the molecule is CCc1ncc(CNc2ccc(NC(C)=O)cc2)s1. The zero-order valence-electron chi connectivity index (χ0n) is 11.1. The molecule has 4 nitrogen and oxygen atoms in total. The normalized spacial score (nSPS) is 10.2. The van der Waals surface area contributed by atoms with Gasteiger partial charge in [-0.25, -0.2) is 4.98 Å². The van der Waals surface area contributed by atoms with Crippen molar-refractivity contribution in [3.8, 4) is 0 Å². The molecule has 0 saturated heterocycles. The summed E-state index contributed by atoms with van der Waals surface area (Å²) < 4.78 is 0. The maximum Gasteiger partial charge on any atom is 0.221 e. The molecule has 1 heterocycles. The number of rotatable bonds is 5. The summed E-state index contributed by atoms with van der Waals surface area (Å²) in [6.07, 6.45) is 2.90. The second-order valence-corrected chi connectivity index (χ2v) is 5.39. The van der Waals surface area contributed by atoms with Gasteiger partial charge in [0.05, 0.1) is 11.6 Å². The molecule has 100 valence electrons. The largest absolute Gasteiger partial charge is 0.380 e. The van der Waals surface area contributed by atoms with E-state index < -0.39 is 0 Å². The van der Waals surface area contributed by atoms with E-state index in [1.165, 1.54) is 11.8 Å². The summed E-state index contributed by atoms with van der Waals surface area (Å²) in [5.41, 5.74) is 1.84. The van der Waals surface area contributed by atoms with Gasteiger partial charge < -0.3 is 10.6 Å². The highest BCUT2D eigenvalue weighted by molar-refractivity contribution is 7.11. The van der Waals surface area contributed by atoms with E-state index in [9.17, 15) is 4.79 Å². The Morgan fingerprint density at radius 3 is 2.53 bits per heavy atom. The topological polar surface area (TPSA) is 54.0 Å². The van der Waals surface area contributed by atoms with Gasteiger partial charge in [-0.3, -0.25) is 4.79 Å². The molecule has 0 unspecified atom stereocenters. The van der Waals surface area contributed by atoms with Crippen LogP contribution in [0.15, 0.2) is 30.5 Å². The van der Waals surface area contributed by atoms with E-state index in [1.54, 1.807) is 11.3 Å². The highest BCUT2D eigenvalue weighted by Gasteiger charge is 2.00. The molecule has 2 aromatic rings. The predicted molar refractivity (Wildman–Crippen MR) is 79.6 cm³/mol. The average molecular weight is 275 g/mol. The van der Waals surface area contributed by atoms with Crippen molar-refractivity contribution < 1.29 is 4.79 Å². The van der Waals surface area contributed by atoms with E-state index in [0.29, 0.717) is 0 Å². The maximum absolute atomic E-state index is 10.9. The fraction of sp³-hybridized carbons (Fsp3) is 0.286. The van der Waals surface area contributed by atoms with Crippen molar-refractivity contribution in [1.82, 2.24) is 4.98 Å². The fourth-order valence-corrected chi connectivity index (χ4v) is 2.46. The minimum atomic E-state index is -0.0579. The minimum Gasteiger partial charge on any atom is -0.380 e. The van der Waals surface area contributed by atoms with Crippen molar-refractivity contribution in [3.63, 3.8) is 0 Å². The van der Waals surface area contributed by atoms with Crippen LogP contribution in [0.5, 0.6) is 0 Å². The summed E-state index contributed by atoms with van der Waals surface area (Å²) in [6, 6.07) is 7.67. The third-order valence-electron chi connectivity index (χ3n) is 2.58. The number of amides is 1. The molecule has 2 rings (SSSR count). The number of thiazole rings is 1. The highest BCUT2D eigenvalue weighted by atomic mass is 32.1. The van der Waals surface area contributed by atoms with Crippen molar-refractivity contribution >= 4 is 28.6 Å². The van der Waals surface area contributed by atoms with Gasteiger partial charge in [-0.05, 0) is 30.7 Å². The van der Waals surface area contributed by atoms with Crippen LogP contribution in [0.3, 0.4) is 0 Å². The van der Waals surface area contributed by atoms with Crippen LogP contribution in [0.1, 0.15) is 23.7 Å². The molecule has 0 fully saturated rings. The summed E-state index contributed by atoms with van der Waals surface area (Å²) in [5.74, 6) is -0.0579. The molecule has 0 aliphatic carbocycles. The molecule has 2 N–H and O–H groups in total. The first-order valence-corrected chi connectivity index (χ1v) is 7.04. The van der Waals surface area contributed by atoms with E-state index in [1.807, 2.05) is 30.5 Å². The standard InChI is InChI=1S/C14H17N3OS/c1-3-14-16-9-13(19-14)8-15-11-4-6-12(7-5-11)17-10(2)18/h4-7,9,15H,3,8H2,1-2H3,(H,17,18). The van der Waals surface area contributed by atoms with Crippen molar-refractivity contribution in [1.29, 1.82) is 0 Å². The fourth-order valence-electron chi connectivity index (χ4n) is 1.66. The van der Waals surface area contributed by atoms with E-state index >= 15 is 0 Å². The molecule has 0 aliphatic rings. The summed E-state index contributed by atoms with van der Waals surface area (Å²) in [7, 11) is 0. The van der Waals surface area contributed by atoms with Gasteiger partial charge in [0, 0.05) is 29.4 Å². The van der Waals surface area contributed by atoms with Crippen molar-refractivity contribution in [2.24, 2.45) is 0 Å². The molecule has 5 heteroatoms. The van der Waals surface area contributed by atoms with Crippen LogP contribution < -0.4 is 10.6 Å². The molecule has 0 aliphatic heterocycles. The van der Waals surface area contributed by atoms with E-state index in [2.05, 4.69) is 22.5 Å². The quantitative estimate of drug-likeness (QED) is 0.880. The monoisotopic (exact) mass is 275 g/mol. The van der Waals surface area contributed by atoms with Crippen LogP contribution in [-0.4, -0.2) is 10.9 Å². The first kappa shape index (κ1) is 13.5. The molecular weight excluding hydrogens is 258 g/mol. The zero-order chi connectivity index (χ0) is 13.7. The number of nitrogens with one attached hydrogen (secondary N) is 2. The molecule has 0 bridgehead atoms. The number of carbonyl (C=O) groups excluding carboxylic acids is 1. The van der Waals surface area contributed by atoms with Gasteiger partial charge in [0.25, 0.3) is 0 Å². The Morgan fingerprint density at radius 2 is 1.95 bits per heavy atom. The number of anilines is 2. The van der Waals surface area contributed by atoms with Crippen LogP contribution in [0.25, 0.3) is 0 Å². The zero-order valence-corrected chi connectivity index (χ0v) is 11.9. The molecule has 1 amide bonds. The van der Waals surface area contributed by atoms with Crippen molar-refractivity contribution in [2.75, 3.05) is 10.6 Å². The van der Waals surface area contributed by atoms with Crippen LogP contribution in [0, 0.1) is 0 Å². The van der Waals surface area contributed by atoms with Gasteiger partial charge in [-0.1, -0.05) is 6.92 Å². The van der Waals surface area contributed by atoms with Gasteiger partial charge in [0.1, 0.15) is 0 Å². The summed E-state index contributed by atoms with van der Waals surface area (Å²) in [6.45, 7) is 4.38. The van der Waals surface area contributed by atoms with E-state index in [-0.39, 0.29) is 5.91 Å². The van der Waals surface area contributed by atoms with E-state index in [4.69, 9.17) is 0 Å². The lowest BCUT2D eigenvalue weighted by Crippen LogP contribution is -2.05. The molecule has 1 aromatic carbocycles. The summed E-state index contributed by atoms with van der Waals surface area (Å²) in [5, 5.41) is 7.24. The summed E-state index contributed by atoms with van der Waals surface area (Å²) in [4.78, 5) is 16.5. The molecule has 0 radical (unpaired) electrons. The van der Waals surface area contributed by atoms with Gasteiger partial charge >= 0.3 is 0 Å². The Morgan fingerprint density at radius 1 is 1.26 bits per heavy atom. The van der Waals surface area contributed by atoms with Gasteiger partial charge in [-0.15, -0.1) is 11.3 Å². The number of aromatic nitrogens is 1. The number of benzene rings is 1. The molecule has 0 spiro atoms. The molecule has 1 aromatic heterocycles. The summed E-state index contributed by atoms with van der Waals surface area (Å²) >= 11 is 1.73. The maximum atomic E-state index is 10.9. The number of carbonyl (C=O) groups is 1. The van der Waals surface area contributed by atoms with Crippen molar-refractivity contribution in [2.45, 2.75) is 26.8 Å². The van der Waals surface area contributed by atoms with E-state index in [0.717, 1.165) is 29.3 Å². The lowest BCUT2D eigenvalue weighted by atomic mass is 10.2. The second kappa shape index (κ2) is 6.33. The third kappa shape index (κ3) is 4.06. The van der Waals surface area contributed by atoms with Crippen LogP contribution in [-0.2, 0) is 17.8 Å². The van der Waals surface area contributed by atoms with Gasteiger partial charge in [0.2, 0.25) is 5.91 Å². The average Bonchev–Trinajstić information content (AvgIpc) is 2.85. The number of nitrogens with zero attached hydrogens (tertiary/aromatic N) is 1. The first-order chi connectivity index (χ1) is 9.17. The molecule has 0 atom stereocenters. The number of hydrogen-bond donors (Lipinski definition) is 2. The van der Waals surface area contributed by atoms with Crippen LogP contribution >= 0.6 is 11.3 Å². The Balaban J connectivity index is 1.90. The highest BCUT2D eigenvalue weighted by Crippen LogP contribution is 2.17. The molecule has 19 heavy (non-hydrogen) atoms. The third-order valence-corrected chi connectivity index (χ3v) is 3.72. The van der Waals surface area contributed by atoms with Crippen LogP contribution in [0.4, 0.5) is 11.4 Å². The lowest BCUT2D eigenvalue weighted by molar-refractivity contribution is -0.114. The minimum absolute atomic E-state index is 0.0579.